The summed E-state index contributed by atoms with van der Waals surface area (Å²) >= 11 is 1.87. The van der Waals surface area contributed by atoms with Crippen LogP contribution in [0.2, 0.25) is 0 Å². The Hall–Kier alpha value is -0.0700. The van der Waals surface area contributed by atoms with Gasteiger partial charge in [0.2, 0.25) is 0 Å². The molecule has 4 unspecified atom stereocenters. The van der Waals surface area contributed by atoms with Gasteiger partial charge in [-0.25, -0.2) is 4.79 Å². The average Bonchev–Trinajstić information content (AvgIpc) is 2.85. The lowest BCUT2D eigenvalue weighted by molar-refractivity contribution is -0.154. The summed E-state index contributed by atoms with van der Waals surface area (Å²) < 4.78 is 29.0. The van der Waals surface area contributed by atoms with Gasteiger partial charge in [0.15, 0.2) is 0 Å². The lowest BCUT2D eigenvalue weighted by atomic mass is 10.1. The minimum Gasteiger partial charge on any atom is -0.464 e. The largest absolute Gasteiger partial charge is 0.464 e. The molecule has 0 fully saturated rings. The Kier molecular flexibility index (Phi) is 24.0. The van der Waals surface area contributed by atoms with Gasteiger partial charge in [-0.2, -0.15) is 11.8 Å². The summed E-state index contributed by atoms with van der Waals surface area (Å²) in [6.07, 6.45) is 18.8. The molecule has 36 heavy (non-hydrogen) atoms. The van der Waals surface area contributed by atoms with E-state index in [4.69, 9.17) is 14.0 Å². The van der Waals surface area contributed by atoms with Gasteiger partial charge in [0.05, 0.1) is 19.3 Å². The quantitative estimate of drug-likeness (QED) is 0.0652. The summed E-state index contributed by atoms with van der Waals surface area (Å²) in [5.41, 5.74) is 0. The highest BCUT2D eigenvalue weighted by atomic mass is 32.2. The van der Waals surface area contributed by atoms with Crippen LogP contribution < -0.4 is 0 Å². The van der Waals surface area contributed by atoms with Gasteiger partial charge in [-0.3, -0.25) is 4.57 Å². The summed E-state index contributed by atoms with van der Waals surface area (Å²) in [5.74, 6) is -1.39. The van der Waals surface area contributed by atoms with Gasteiger partial charge in [-0.05, 0) is 38.9 Å². The number of hydrogen-bond acceptors (Lipinski definition) is 6. The van der Waals surface area contributed by atoms with Crippen LogP contribution in [0.1, 0.15) is 137 Å². The van der Waals surface area contributed by atoms with Crippen molar-refractivity contribution in [2.75, 3.05) is 19.0 Å². The molecule has 0 amide bonds. The molecular formula is C28H57O6PS. The molecule has 0 radical (unpaired) electrons. The highest BCUT2D eigenvalue weighted by Crippen LogP contribution is 2.49. The van der Waals surface area contributed by atoms with E-state index in [1.807, 2.05) is 25.6 Å². The van der Waals surface area contributed by atoms with Crippen molar-refractivity contribution in [1.29, 1.82) is 0 Å². The van der Waals surface area contributed by atoms with E-state index < -0.39 is 19.4 Å². The number of carbonyl (C=O) groups excluding carboxylic acids is 1. The van der Waals surface area contributed by atoms with E-state index in [2.05, 4.69) is 13.8 Å². The minimum absolute atomic E-state index is 0.0929. The topological polar surface area (TPSA) is 82.1 Å². The summed E-state index contributed by atoms with van der Waals surface area (Å²) in [7, 11) is -4.30. The van der Waals surface area contributed by atoms with Crippen LogP contribution in [0.25, 0.3) is 0 Å². The zero-order chi connectivity index (χ0) is 27.1. The van der Waals surface area contributed by atoms with Gasteiger partial charge in [-0.1, -0.05) is 104 Å². The molecule has 0 heterocycles. The molecule has 0 aliphatic carbocycles. The van der Waals surface area contributed by atoms with E-state index in [9.17, 15) is 14.3 Å². The molecule has 0 saturated carbocycles. The van der Waals surface area contributed by atoms with Crippen LogP contribution in [-0.4, -0.2) is 47.0 Å². The summed E-state index contributed by atoms with van der Waals surface area (Å²) in [4.78, 5) is 23.0. The molecule has 0 bridgehead atoms. The van der Waals surface area contributed by atoms with Crippen LogP contribution in [0.5, 0.6) is 0 Å². The fourth-order valence-electron chi connectivity index (χ4n) is 4.11. The number of hydrogen-bond donors (Lipinski definition) is 1. The number of ether oxygens (including phenoxy) is 2. The molecule has 0 aliphatic heterocycles. The third-order valence-electron chi connectivity index (χ3n) is 6.30. The van der Waals surface area contributed by atoms with E-state index in [-0.39, 0.29) is 24.6 Å². The zero-order valence-corrected chi connectivity index (χ0v) is 25.7. The molecule has 0 aromatic rings. The van der Waals surface area contributed by atoms with Crippen molar-refractivity contribution < 1.29 is 28.3 Å². The lowest BCUT2D eigenvalue weighted by Gasteiger charge is -2.29. The maximum absolute atomic E-state index is 12.8. The molecule has 0 rings (SSSR count). The first-order valence-corrected chi connectivity index (χ1v) is 17.4. The highest BCUT2D eigenvalue weighted by molar-refractivity contribution is 7.99. The number of rotatable bonds is 26. The molecule has 0 aliphatic rings. The van der Waals surface area contributed by atoms with E-state index in [1.165, 1.54) is 77.0 Å². The van der Waals surface area contributed by atoms with E-state index in [0.29, 0.717) is 6.42 Å². The van der Waals surface area contributed by atoms with Crippen molar-refractivity contribution in [3.05, 3.63) is 0 Å². The monoisotopic (exact) mass is 552 g/mol. The normalized spacial score (nSPS) is 15.8. The standard InChI is InChI=1S/C28H57O6PS/c1-6-10-12-14-15-16-17-19-21-24-36-26(22-20-18-13-11-7-2)25(5)34-28(27(29)32-9-4)35(30,31)33-23-8-3/h25-26,28H,6-24H2,1-5H3,(H,30,31). The molecule has 0 aromatic carbocycles. The van der Waals surface area contributed by atoms with E-state index >= 15 is 0 Å². The number of unbranched alkanes of at least 4 members (excludes halogenated alkanes) is 12. The Morgan fingerprint density at radius 2 is 1.33 bits per heavy atom. The van der Waals surface area contributed by atoms with Crippen LogP contribution in [0, 0.1) is 0 Å². The first kappa shape index (κ1) is 35.9. The molecule has 0 spiro atoms. The van der Waals surface area contributed by atoms with E-state index in [1.54, 1.807) is 6.92 Å². The predicted molar refractivity (Wildman–Crippen MR) is 154 cm³/mol. The SMILES string of the molecule is CCCCCCCCCCCSC(CCCCCCC)C(C)OC(C(=O)OCC)P(=O)(O)OCCC. The molecule has 4 atom stereocenters. The molecule has 1 N–H and O–H groups in total. The van der Waals surface area contributed by atoms with Crippen LogP contribution in [0.15, 0.2) is 0 Å². The first-order chi connectivity index (χ1) is 17.3. The predicted octanol–water partition coefficient (Wildman–Crippen LogP) is 8.89. The van der Waals surface area contributed by atoms with E-state index in [0.717, 1.165) is 25.0 Å². The minimum atomic E-state index is -4.30. The first-order valence-electron chi connectivity index (χ1n) is 14.7. The fourth-order valence-corrected chi connectivity index (χ4v) is 6.72. The second kappa shape index (κ2) is 24.0. The van der Waals surface area contributed by atoms with Gasteiger partial charge in [0, 0.05) is 5.25 Å². The second-order valence-electron chi connectivity index (χ2n) is 9.78. The van der Waals surface area contributed by atoms with Crippen molar-refractivity contribution in [1.82, 2.24) is 0 Å². The van der Waals surface area contributed by atoms with Crippen LogP contribution in [0.4, 0.5) is 0 Å². The third-order valence-corrected chi connectivity index (χ3v) is 9.35. The summed E-state index contributed by atoms with van der Waals surface area (Å²) in [5, 5.41) is 0.156. The van der Waals surface area contributed by atoms with Gasteiger partial charge in [-0.15, -0.1) is 0 Å². The van der Waals surface area contributed by atoms with Crippen molar-refractivity contribution in [2.24, 2.45) is 0 Å². The molecule has 216 valence electrons. The molecule has 0 saturated heterocycles. The molecular weight excluding hydrogens is 495 g/mol. The Balaban J connectivity index is 4.88. The van der Waals surface area contributed by atoms with Crippen molar-refractivity contribution in [2.45, 2.75) is 155 Å². The van der Waals surface area contributed by atoms with Crippen LogP contribution in [0.3, 0.4) is 0 Å². The second-order valence-corrected chi connectivity index (χ2v) is 13.0. The Morgan fingerprint density at radius 1 is 0.806 bits per heavy atom. The Morgan fingerprint density at radius 3 is 1.86 bits per heavy atom. The number of esters is 1. The van der Waals surface area contributed by atoms with Crippen LogP contribution >= 0.6 is 19.4 Å². The van der Waals surface area contributed by atoms with Gasteiger partial charge in [0.25, 0.3) is 5.85 Å². The number of carbonyl (C=O) groups is 1. The maximum Gasteiger partial charge on any atom is 0.368 e. The molecule has 0 aromatic heterocycles. The highest BCUT2D eigenvalue weighted by Gasteiger charge is 2.43. The average molecular weight is 553 g/mol. The lowest BCUT2D eigenvalue weighted by Crippen LogP contribution is -2.35. The van der Waals surface area contributed by atoms with Crippen LogP contribution in [-0.2, 0) is 23.4 Å². The van der Waals surface area contributed by atoms with Gasteiger partial charge in [0.1, 0.15) is 0 Å². The Labute approximate surface area is 226 Å². The van der Waals surface area contributed by atoms with Gasteiger partial charge >= 0.3 is 13.6 Å². The molecule has 6 nitrogen and oxygen atoms in total. The van der Waals surface area contributed by atoms with Crippen molar-refractivity contribution in [3.63, 3.8) is 0 Å². The van der Waals surface area contributed by atoms with Gasteiger partial charge < -0.3 is 18.9 Å². The zero-order valence-electron chi connectivity index (χ0n) is 24.0. The molecule has 8 heteroatoms. The summed E-state index contributed by atoms with van der Waals surface area (Å²) in [6.45, 7) is 10.1. The van der Waals surface area contributed by atoms with Crippen molar-refractivity contribution >= 4 is 25.3 Å². The fraction of sp³-hybridized carbons (Fsp3) is 0.964. The number of thioether (sulfide) groups is 1. The summed E-state index contributed by atoms with van der Waals surface area (Å²) in [6, 6.07) is 0. The smallest absolute Gasteiger partial charge is 0.368 e. The third kappa shape index (κ3) is 18.2. The Bertz CT molecular complexity index is 562. The van der Waals surface area contributed by atoms with Crippen molar-refractivity contribution in [3.8, 4) is 0 Å². The maximum atomic E-state index is 12.8.